The van der Waals surface area contributed by atoms with E-state index in [1.165, 1.54) is 12.1 Å². The maximum atomic E-state index is 12.9. The van der Waals surface area contributed by atoms with Crippen LogP contribution in [0.2, 0.25) is 0 Å². The molecule has 320 valence electrons. The molecule has 0 fully saturated rings. The molecule has 5 atom stereocenters. The van der Waals surface area contributed by atoms with Gasteiger partial charge in [-0.15, -0.1) is 0 Å². The van der Waals surface area contributed by atoms with E-state index in [9.17, 15) is 73.2 Å². The van der Waals surface area contributed by atoms with Gasteiger partial charge in [0.2, 0.25) is 23.6 Å². The van der Waals surface area contributed by atoms with Crippen molar-refractivity contribution in [1.29, 1.82) is 0 Å². The van der Waals surface area contributed by atoms with Gasteiger partial charge in [-0.25, -0.2) is 14.4 Å². The molecule has 0 saturated heterocycles. The van der Waals surface area contributed by atoms with E-state index in [0.29, 0.717) is 17.5 Å². The Labute approximate surface area is 335 Å². The summed E-state index contributed by atoms with van der Waals surface area (Å²) in [4.78, 5) is 130. The standard InChI is InChI=1S/C34H46N6O17S/c41-24(38-21(13-27(45)46)29(49)39-22(14-28(47)48)30(50)40-23(16-58)33(55)56)11-17-4-6-18(7-5-17)15-36-34(57)35-10-2-1-3-20(32(53)54)37-25(42)12-19(31(51)52)8-9-26(43)44/h4-7,19-23,58H,1-3,8-16H2,(H,37,42)(H,38,41)(H,39,49)(H,40,50)(H,43,44)(H,45,46)(H,47,48)(H,51,52)(H,53,54)(H,55,56)(H2,35,36,57)/t19-,20+,21+,22+,23+/m1/s1. The molecular weight excluding hydrogens is 796 g/mol. The fourth-order valence-electron chi connectivity index (χ4n) is 4.97. The molecule has 12 N–H and O–H groups in total. The van der Waals surface area contributed by atoms with Crippen LogP contribution in [0.15, 0.2) is 24.3 Å². The van der Waals surface area contributed by atoms with Gasteiger partial charge < -0.3 is 62.5 Å². The zero-order chi connectivity index (χ0) is 43.9. The summed E-state index contributed by atoms with van der Waals surface area (Å²) in [6, 6.07) is -0.831. The number of urea groups is 1. The number of nitrogens with one attached hydrogen (secondary N) is 6. The first kappa shape index (κ1) is 49.6. The summed E-state index contributed by atoms with van der Waals surface area (Å²) in [7, 11) is 0. The predicted octanol–water partition coefficient (Wildman–Crippen LogP) is -1.86. The minimum Gasteiger partial charge on any atom is -0.481 e. The number of benzene rings is 1. The van der Waals surface area contributed by atoms with Crippen molar-refractivity contribution in [2.75, 3.05) is 12.3 Å². The first-order chi connectivity index (χ1) is 27.2. The van der Waals surface area contributed by atoms with Crippen LogP contribution in [-0.2, 0) is 60.9 Å². The van der Waals surface area contributed by atoms with E-state index in [-0.39, 0.29) is 44.5 Å². The lowest BCUT2D eigenvalue weighted by Crippen LogP contribution is -2.57. The van der Waals surface area contributed by atoms with E-state index in [0.717, 1.165) is 0 Å². The van der Waals surface area contributed by atoms with E-state index in [1.807, 2.05) is 10.6 Å². The smallest absolute Gasteiger partial charge is 0.327 e. The van der Waals surface area contributed by atoms with Crippen molar-refractivity contribution in [2.45, 2.75) is 88.5 Å². The van der Waals surface area contributed by atoms with Gasteiger partial charge in [-0.1, -0.05) is 24.3 Å². The number of hydrogen-bond donors (Lipinski definition) is 13. The van der Waals surface area contributed by atoms with Crippen LogP contribution in [0.3, 0.4) is 0 Å². The van der Waals surface area contributed by atoms with E-state index >= 15 is 0 Å². The third-order valence-corrected chi connectivity index (χ3v) is 8.37. The Balaban J connectivity index is 2.62. The quantitative estimate of drug-likeness (QED) is 0.0325. The highest BCUT2D eigenvalue weighted by Crippen LogP contribution is 2.13. The Hall–Kier alpha value is -6.46. The highest BCUT2D eigenvalue weighted by molar-refractivity contribution is 7.80. The summed E-state index contributed by atoms with van der Waals surface area (Å²) in [6.45, 7) is 0.175. The fraction of sp³-hybridized carbons (Fsp3) is 0.500. The average molecular weight is 843 g/mol. The number of carbonyl (C=O) groups excluding carboxylic acids is 5. The normalized spacial score (nSPS) is 13.2. The Morgan fingerprint density at radius 1 is 0.534 bits per heavy atom. The second-order valence-electron chi connectivity index (χ2n) is 12.7. The van der Waals surface area contributed by atoms with Gasteiger partial charge in [0.05, 0.1) is 25.2 Å². The van der Waals surface area contributed by atoms with E-state index in [4.69, 9.17) is 10.2 Å². The molecule has 1 rings (SSSR count). The molecule has 0 unspecified atom stereocenters. The minimum atomic E-state index is -1.82. The zero-order valence-corrected chi connectivity index (χ0v) is 31.7. The Bertz CT molecular complexity index is 1670. The molecule has 0 aliphatic heterocycles. The summed E-state index contributed by atoms with van der Waals surface area (Å²) in [5.41, 5.74) is 1.01. The molecule has 0 heterocycles. The number of unbranched alkanes of at least 4 members (excludes halogenated alkanes) is 1. The molecule has 23 nitrogen and oxygen atoms in total. The molecule has 0 bridgehead atoms. The summed E-state index contributed by atoms with van der Waals surface area (Å²) in [5, 5.41) is 68.6. The molecule has 0 radical (unpaired) electrons. The molecule has 58 heavy (non-hydrogen) atoms. The number of hydrogen-bond acceptors (Lipinski definition) is 12. The van der Waals surface area contributed by atoms with Crippen molar-refractivity contribution in [3.8, 4) is 0 Å². The number of carboxylic acid groups (broad SMARTS) is 6. The number of aliphatic carboxylic acids is 6. The maximum absolute atomic E-state index is 12.9. The van der Waals surface area contributed by atoms with Crippen molar-refractivity contribution in [3.05, 3.63) is 35.4 Å². The number of carbonyl (C=O) groups is 11. The van der Waals surface area contributed by atoms with Gasteiger partial charge in [0.1, 0.15) is 24.2 Å². The number of rotatable bonds is 28. The molecule has 1 aromatic carbocycles. The van der Waals surface area contributed by atoms with E-state index in [1.54, 1.807) is 12.1 Å². The van der Waals surface area contributed by atoms with Crippen molar-refractivity contribution in [3.63, 3.8) is 0 Å². The fourth-order valence-corrected chi connectivity index (χ4v) is 5.22. The van der Waals surface area contributed by atoms with Crippen LogP contribution in [0.5, 0.6) is 0 Å². The Kier molecular flexibility index (Phi) is 21.9. The van der Waals surface area contributed by atoms with Crippen molar-refractivity contribution < 1.29 is 83.4 Å². The predicted molar refractivity (Wildman–Crippen MR) is 198 cm³/mol. The summed E-state index contributed by atoms with van der Waals surface area (Å²) in [6.07, 6.45) is -3.13. The van der Waals surface area contributed by atoms with Crippen LogP contribution < -0.4 is 31.9 Å². The number of thiol groups is 1. The van der Waals surface area contributed by atoms with Crippen LogP contribution in [0, 0.1) is 5.92 Å². The Morgan fingerprint density at radius 2 is 1.05 bits per heavy atom. The van der Waals surface area contributed by atoms with Crippen molar-refractivity contribution in [1.82, 2.24) is 31.9 Å². The molecular formula is C34H46N6O17S. The summed E-state index contributed by atoms with van der Waals surface area (Å²) >= 11 is 3.79. The average Bonchev–Trinajstić information content (AvgIpc) is 3.13. The molecule has 0 aromatic heterocycles. The van der Waals surface area contributed by atoms with Crippen molar-refractivity contribution in [2.24, 2.45) is 5.92 Å². The number of carboxylic acids is 6. The van der Waals surface area contributed by atoms with E-state index < -0.39 is 121 Å². The number of amides is 6. The van der Waals surface area contributed by atoms with Gasteiger partial charge in [0, 0.05) is 31.7 Å². The van der Waals surface area contributed by atoms with Gasteiger partial charge >= 0.3 is 41.8 Å². The first-order valence-electron chi connectivity index (χ1n) is 17.5. The molecule has 0 spiro atoms. The molecule has 1 aromatic rings. The lowest BCUT2D eigenvalue weighted by molar-refractivity contribution is -0.146. The monoisotopic (exact) mass is 842 g/mol. The SMILES string of the molecule is O=C(O)CC[C@H](CC(=O)N[C@@H](CCCCNC(=O)NCc1ccc(CC(=O)N[C@@H](CC(=O)O)C(=O)N[C@@H](CC(=O)O)C(=O)N[C@@H](CS)C(=O)O)cc1)C(=O)O)C(=O)O. The van der Waals surface area contributed by atoms with E-state index in [2.05, 4.69) is 33.9 Å². The van der Waals surface area contributed by atoms with Gasteiger partial charge in [-0.05, 0) is 36.8 Å². The van der Waals surface area contributed by atoms with Crippen LogP contribution in [0.4, 0.5) is 4.79 Å². The van der Waals surface area contributed by atoms with Gasteiger partial charge in [0.25, 0.3) is 0 Å². The second-order valence-corrected chi connectivity index (χ2v) is 13.1. The van der Waals surface area contributed by atoms with Gasteiger partial charge in [0.15, 0.2) is 0 Å². The van der Waals surface area contributed by atoms with Crippen LogP contribution in [0.25, 0.3) is 0 Å². The van der Waals surface area contributed by atoms with Crippen molar-refractivity contribution >= 4 is 78.1 Å². The minimum absolute atomic E-state index is 0.0332. The largest absolute Gasteiger partial charge is 0.481 e. The second kappa shape index (κ2) is 25.6. The topological polar surface area (TPSA) is 381 Å². The first-order valence-corrected chi connectivity index (χ1v) is 18.1. The van der Waals surface area contributed by atoms with Crippen LogP contribution in [0.1, 0.15) is 62.5 Å². The summed E-state index contributed by atoms with van der Waals surface area (Å²) < 4.78 is 0. The molecule has 0 aliphatic carbocycles. The Morgan fingerprint density at radius 3 is 1.55 bits per heavy atom. The van der Waals surface area contributed by atoms with Crippen LogP contribution >= 0.6 is 12.6 Å². The third kappa shape index (κ3) is 20.5. The molecule has 0 aliphatic rings. The third-order valence-electron chi connectivity index (χ3n) is 8.01. The maximum Gasteiger partial charge on any atom is 0.327 e. The highest BCUT2D eigenvalue weighted by atomic mass is 32.1. The molecule has 6 amide bonds. The summed E-state index contributed by atoms with van der Waals surface area (Å²) in [5.74, 6) is -14.3. The lowest BCUT2D eigenvalue weighted by Gasteiger charge is -2.22. The van der Waals surface area contributed by atoms with Gasteiger partial charge in [-0.3, -0.25) is 38.4 Å². The molecule has 24 heteroatoms. The van der Waals surface area contributed by atoms with Crippen LogP contribution in [-0.4, -0.2) is 133 Å². The lowest BCUT2D eigenvalue weighted by atomic mass is 9.98. The molecule has 0 saturated carbocycles. The zero-order valence-electron chi connectivity index (χ0n) is 30.8. The van der Waals surface area contributed by atoms with Gasteiger partial charge in [-0.2, -0.15) is 12.6 Å². The highest BCUT2D eigenvalue weighted by Gasteiger charge is 2.32.